The van der Waals surface area contributed by atoms with Crippen LogP contribution in [0.4, 0.5) is 0 Å². The third kappa shape index (κ3) is 6.51. The van der Waals surface area contributed by atoms with Crippen LogP contribution in [-0.4, -0.2) is 25.9 Å². The molecule has 0 bridgehead atoms. The molecule has 0 unspecified atom stereocenters. The Morgan fingerprint density at radius 3 is 2.65 bits per heavy atom. The van der Waals surface area contributed by atoms with Crippen molar-refractivity contribution in [3.8, 4) is 0 Å². The van der Waals surface area contributed by atoms with Crippen molar-refractivity contribution in [1.82, 2.24) is 5.32 Å². The lowest BCUT2D eigenvalue weighted by molar-refractivity contribution is 0.0314. The first-order chi connectivity index (χ1) is 9.74. The third-order valence-corrected chi connectivity index (χ3v) is 3.26. The van der Waals surface area contributed by atoms with Crippen LogP contribution in [0.1, 0.15) is 37.8 Å². The summed E-state index contributed by atoms with van der Waals surface area (Å²) in [5.41, 5.74) is 2.58. The fraction of sp³-hybridized carbons (Fsp3) is 0.647. The summed E-state index contributed by atoms with van der Waals surface area (Å²) in [5, 5.41) is 3.53. The van der Waals surface area contributed by atoms with E-state index in [4.69, 9.17) is 9.47 Å². The first-order valence-corrected chi connectivity index (χ1v) is 7.70. The lowest BCUT2D eigenvalue weighted by Gasteiger charge is -2.09. The number of nitrogens with one attached hydrogen (secondary N) is 1. The molecule has 1 aliphatic carbocycles. The minimum Gasteiger partial charge on any atom is -0.379 e. The van der Waals surface area contributed by atoms with Gasteiger partial charge in [0.15, 0.2) is 0 Å². The van der Waals surface area contributed by atoms with Gasteiger partial charge in [0, 0.05) is 19.2 Å². The number of rotatable bonds is 10. The van der Waals surface area contributed by atoms with E-state index in [9.17, 15) is 0 Å². The second-order valence-electron chi connectivity index (χ2n) is 6.00. The topological polar surface area (TPSA) is 30.5 Å². The van der Waals surface area contributed by atoms with E-state index in [1.807, 2.05) is 0 Å². The fourth-order valence-electron chi connectivity index (χ4n) is 2.01. The van der Waals surface area contributed by atoms with E-state index in [1.165, 1.54) is 24.0 Å². The SMILES string of the molecule is CC(C)COCCOCc1cccc(CNC2CC2)c1. The van der Waals surface area contributed by atoms with Crippen molar-refractivity contribution < 1.29 is 9.47 Å². The molecule has 0 spiro atoms. The zero-order valence-corrected chi connectivity index (χ0v) is 12.7. The molecule has 1 saturated carbocycles. The Morgan fingerprint density at radius 2 is 1.90 bits per heavy atom. The van der Waals surface area contributed by atoms with Gasteiger partial charge in [0.1, 0.15) is 0 Å². The zero-order chi connectivity index (χ0) is 14.2. The average molecular weight is 277 g/mol. The molecule has 0 atom stereocenters. The minimum absolute atomic E-state index is 0.589. The number of hydrogen-bond acceptors (Lipinski definition) is 3. The van der Waals surface area contributed by atoms with Gasteiger partial charge in [0.2, 0.25) is 0 Å². The first-order valence-electron chi connectivity index (χ1n) is 7.70. The van der Waals surface area contributed by atoms with E-state index >= 15 is 0 Å². The molecule has 0 radical (unpaired) electrons. The normalized spacial score (nSPS) is 14.9. The van der Waals surface area contributed by atoms with Crippen molar-refractivity contribution in [2.75, 3.05) is 19.8 Å². The highest BCUT2D eigenvalue weighted by atomic mass is 16.5. The molecule has 1 N–H and O–H groups in total. The van der Waals surface area contributed by atoms with Gasteiger partial charge in [0.25, 0.3) is 0 Å². The molecule has 0 saturated heterocycles. The van der Waals surface area contributed by atoms with Crippen LogP contribution in [0.5, 0.6) is 0 Å². The van der Waals surface area contributed by atoms with Crippen LogP contribution < -0.4 is 5.32 Å². The molecule has 1 aromatic rings. The second kappa shape index (κ2) is 8.40. The Morgan fingerprint density at radius 1 is 1.15 bits per heavy atom. The van der Waals surface area contributed by atoms with Crippen molar-refractivity contribution in [3.63, 3.8) is 0 Å². The predicted molar refractivity (Wildman–Crippen MR) is 81.6 cm³/mol. The van der Waals surface area contributed by atoms with Gasteiger partial charge in [-0.05, 0) is 29.9 Å². The van der Waals surface area contributed by atoms with Gasteiger partial charge in [-0.15, -0.1) is 0 Å². The van der Waals surface area contributed by atoms with Crippen molar-refractivity contribution in [1.29, 1.82) is 0 Å². The standard InChI is InChI=1S/C17H27NO2/c1-14(2)12-19-8-9-20-13-16-5-3-4-15(10-16)11-18-17-6-7-17/h3-5,10,14,17-18H,6-9,11-13H2,1-2H3. The predicted octanol–water partition coefficient (Wildman–Crippen LogP) is 3.13. The van der Waals surface area contributed by atoms with Crippen molar-refractivity contribution in [2.24, 2.45) is 5.92 Å². The van der Waals surface area contributed by atoms with E-state index in [2.05, 4.69) is 43.4 Å². The van der Waals surface area contributed by atoms with Crippen LogP contribution in [-0.2, 0) is 22.6 Å². The van der Waals surface area contributed by atoms with Crippen molar-refractivity contribution in [3.05, 3.63) is 35.4 Å². The van der Waals surface area contributed by atoms with E-state index < -0.39 is 0 Å². The van der Waals surface area contributed by atoms with Crippen LogP contribution in [0.3, 0.4) is 0 Å². The second-order valence-corrected chi connectivity index (χ2v) is 6.00. The summed E-state index contributed by atoms with van der Waals surface area (Å²) in [7, 11) is 0. The van der Waals surface area contributed by atoms with Crippen LogP contribution in [0, 0.1) is 5.92 Å². The molecule has 0 aromatic heterocycles. The molecule has 3 nitrogen and oxygen atoms in total. The van der Waals surface area contributed by atoms with E-state index in [-0.39, 0.29) is 0 Å². The largest absolute Gasteiger partial charge is 0.379 e. The number of benzene rings is 1. The van der Waals surface area contributed by atoms with Crippen LogP contribution in [0.2, 0.25) is 0 Å². The fourth-order valence-corrected chi connectivity index (χ4v) is 2.01. The lowest BCUT2D eigenvalue weighted by atomic mass is 10.1. The monoisotopic (exact) mass is 277 g/mol. The molecule has 0 aliphatic heterocycles. The van der Waals surface area contributed by atoms with E-state index in [0.29, 0.717) is 25.7 Å². The van der Waals surface area contributed by atoms with Gasteiger partial charge < -0.3 is 14.8 Å². The third-order valence-electron chi connectivity index (χ3n) is 3.26. The van der Waals surface area contributed by atoms with Crippen LogP contribution in [0.25, 0.3) is 0 Å². The van der Waals surface area contributed by atoms with E-state index in [0.717, 1.165) is 19.2 Å². The Bertz CT molecular complexity index is 388. The molecular weight excluding hydrogens is 250 g/mol. The zero-order valence-electron chi connectivity index (χ0n) is 12.7. The highest BCUT2D eigenvalue weighted by molar-refractivity contribution is 5.23. The summed E-state index contributed by atoms with van der Waals surface area (Å²) in [6.07, 6.45) is 2.67. The molecule has 1 fully saturated rings. The summed E-state index contributed by atoms with van der Waals surface area (Å²) < 4.78 is 11.1. The molecule has 0 amide bonds. The maximum absolute atomic E-state index is 5.65. The molecule has 1 aliphatic rings. The average Bonchev–Trinajstić information content (AvgIpc) is 3.25. The summed E-state index contributed by atoms with van der Waals surface area (Å²) in [6.45, 7) is 8.10. The Hall–Kier alpha value is -0.900. The summed E-state index contributed by atoms with van der Waals surface area (Å²) >= 11 is 0. The Balaban J connectivity index is 1.60. The number of ether oxygens (including phenoxy) is 2. The molecule has 0 heterocycles. The highest BCUT2D eigenvalue weighted by Crippen LogP contribution is 2.19. The molecule has 20 heavy (non-hydrogen) atoms. The summed E-state index contributed by atoms with van der Waals surface area (Å²) in [4.78, 5) is 0. The van der Waals surface area contributed by atoms with Crippen LogP contribution in [0.15, 0.2) is 24.3 Å². The van der Waals surface area contributed by atoms with Gasteiger partial charge in [-0.2, -0.15) is 0 Å². The molecule has 2 rings (SSSR count). The van der Waals surface area contributed by atoms with Gasteiger partial charge in [-0.1, -0.05) is 38.1 Å². The maximum atomic E-state index is 5.65. The van der Waals surface area contributed by atoms with Gasteiger partial charge in [-0.3, -0.25) is 0 Å². The summed E-state index contributed by atoms with van der Waals surface area (Å²) in [6, 6.07) is 9.38. The smallest absolute Gasteiger partial charge is 0.0718 e. The first kappa shape index (κ1) is 15.5. The molecular formula is C17H27NO2. The van der Waals surface area contributed by atoms with Crippen molar-refractivity contribution >= 4 is 0 Å². The van der Waals surface area contributed by atoms with Gasteiger partial charge in [-0.25, -0.2) is 0 Å². The summed E-state index contributed by atoms with van der Waals surface area (Å²) in [5.74, 6) is 0.589. The quantitative estimate of drug-likeness (QED) is 0.667. The minimum atomic E-state index is 0.589. The number of hydrogen-bond donors (Lipinski definition) is 1. The van der Waals surface area contributed by atoms with Gasteiger partial charge >= 0.3 is 0 Å². The van der Waals surface area contributed by atoms with Crippen molar-refractivity contribution in [2.45, 2.75) is 45.9 Å². The van der Waals surface area contributed by atoms with Crippen LogP contribution >= 0.6 is 0 Å². The maximum Gasteiger partial charge on any atom is 0.0718 e. The highest BCUT2D eigenvalue weighted by Gasteiger charge is 2.19. The Kier molecular flexibility index (Phi) is 6.51. The van der Waals surface area contributed by atoms with Gasteiger partial charge in [0.05, 0.1) is 19.8 Å². The molecule has 3 heteroatoms. The molecule has 112 valence electrons. The molecule has 1 aromatic carbocycles. The lowest BCUT2D eigenvalue weighted by Crippen LogP contribution is -2.15. The van der Waals surface area contributed by atoms with E-state index in [1.54, 1.807) is 0 Å². The Labute approximate surface area is 122 Å².